The van der Waals surface area contributed by atoms with Gasteiger partial charge in [0, 0.05) is 12.1 Å². The summed E-state index contributed by atoms with van der Waals surface area (Å²) in [5, 5.41) is 3.17. The van der Waals surface area contributed by atoms with Crippen LogP contribution in [0.15, 0.2) is 29.2 Å². The number of benzene rings is 1. The summed E-state index contributed by atoms with van der Waals surface area (Å²) in [6.45, 7) is 1.65. The van der Waals surface area contributed by atoms with Gasteiger partial charge in [-0.25, -0.2) is 17.9 Å². The third kappa shape index (κ3) is 4.33. The number of hydrogen-bond acceptors (Lipinski definition) is 5. The molecule has 4 fully saturated rings. The topological polar surface area (TPSA) is 102 Å². The molecule has 0 aliphatic heterocycles. The second-order valence-electron chi connectivity index (χ2n) is 8.85. The quantitative estimate of drug-likeness (QED) is 0.659. The average Bonchev–Trinajstić information content (AvgIpc) is 2.64. The normalized spacial score (nSPS) is 30.2. The maximum atomic E-state index is 12.4. The molecule has 5 rings (SSSR count). The molecule has 0 spiro atoms. The molecule has 0 radical (unpaired) electrons. The van der Waals surface area contributed by atoms with E-state index in [1.54, 1.807) is 6.92 Å². The van der Waals surface area contributed by atoms with Gasteiger partial charge in [0.1, 0.15) is 0 Å². The van der Waals surface area contributed by atoms with Crippen LogP contribution >= 0.6 is 0 Å². The number of nitrogens with one attached hydrogen (secondary N) is 2. The Balaban J connectivity index is 1.31. The molecule has 8 heteroatoms. The van der Waals surface area contributed by atoms with Crippen LogP contribution in [0, 0.1) is 17.8 Å². The number of rotatable bonds is 7. The van der Waals surface area contributed by atoms with Crippen LogP contribution in [0.1, 0.15) is 55.8 Å². The molecule has 0 heterocycles. The molecule has 0 aromatic heterocycles. The molecule has 0 saturated heterocycles. The first-order valence-electron chi connectivity index (χ1n) is 10.4. The van der Waals surface area contributed by atoms with Crippen molar-refractivity contribution >= 4 is 21.9 Å². The summed E-state index contributed by atoms with van der Waals surface area (Å²) >= 11 is 0. The van der Waals surface area contributed by atoms with Crippen LogP contribution in [-0.2, 0) is 19.6 Å². The molecule has 4 aliphatic rings. The highest BCUT2D eigenvalue weighted by atomic mass is 32.2. The average molecular weight is 421 g/mol. The number of carbonyl (C=O) groups excluding carboxylic acids is 2. The van der Waals surface area contributed by atoms with Gasteiger partial charge < -0.3 is 10.1 Å². The fourth-order valence-corrected chi connectivity index (χ4v) is 6.89. The summed E-state index contributed by atoms with van der Waals surface area (Å²) in [5.41, 5.74) is 0.101. The first kappa shape index (κ1) is 20.3. The number of amides is 1. The Kier molecular flexibility index (Phi) is 5.42. The summed E-state index contributed by atoms with van der Waals surface area (Å²) in [4.78, 5) is 24.8. The zero-order chi connectivity index (χ0) is 20.6. The van der Waals surface area contributed by atoms with Gasteiger partial charge in [0.25, 0.3) is 5.91 Å². The Labute approximate surface area is 171 Å². The molecule has 4 bridgehead atoms. The minimum absolute atomic E-state index is 0.0791. The lowest BCUT2D eigenvalue weighted by Crippen LogP contribution is -2.60. The van der Waals surface area contributed by atoms with Gasteiger partial charge in [-0.2, -0.15) is 0 Å². The first-order valence-corrected chi connectivity index (χ1v) is 11.8. The van der Waals surface area contributed by atoms with Gasteiger partial charge in [0.05, 0.1) is 10.5 Å². The molecule has 0 unspecified atom stereocenters. The van der Waals surface area contributed by atoms with Gasteiger partial charge in [-0.05, 0) is 80.5 Å². The molecule has 7 nitrogen and oxygen atoms in total. The van der Waals surface area contributed by atoms with E-state index in [0.717, 1.165) is 37.0 Å². The predicted octanol–water partition coefficient (Wildman–Crippen LogP) is 2.23. The monoisotopic (exact) mass is 420 g/mol. The highest BCUT2D eigenvalue weighted by molar-refractivity contribution is 7.89. The largest absolute Gasteiger partial charge is 0.452 e. The number of hydrogen-bond donors (Lipinski definition) is 2. The molecule has 158 valence electrons. The van der Waals surface area contributed by atoms with Crippen LogP contribution in [0.5, 0.6) is 0 Å². The molecule has 29 heavy (non-hydrogen) atoms. The van der Waals surface area contributed by atoms with Crippen molar-refractivity contribution in [3.05, 3.63) is 29.8 Å². The van der Waals surface area contributed by atoms with E-state index in [2.05, 4.69) is 10.0 Å². The number of sulfonamides is 1. The molecular formula is C21H28N2O5S. The summed E-state index contributed by atoms with van der Waals surface area (Å²) in [7, 11) is -3.57. The molecule has 0 atom stereocenters. The van der Waals surface area contributed by atoms with Gasteiger partial charge >= 0.3 is 5.97 Å². The van der Waals surface area contributed by atoms with Crippen molar-refractivity contribution in [3.8, 4) is 0 Å². The SMILES string of the molecule is CCNS(=O)(=O)c1ccc(C(=O)OCC(=O)NC23CC4CC(CC(C4)C2)C3)cc1. The van der Waals surface area contributed by atoms with Crippen molar-refractivity contribution in [2.45, 2.75) is 55.9 Å². The molecule has 4 aliphatic carbocycles. The third-order valence-corrected chi connectivity index (χ3v) is 8.07. The minimum atomic E-state index is -3.57. The molecule has 1 aromatic rings. The van der Waals surface area contributed by atoms with Crippen LogP contribution < -0.4 is 10.0 Å². The van der Waals surface area contributed by atoms with E-state index in [4.69, 9.17) is 4.74 Å². The third-order valence-electron chi connectivity index (χ3n) is 6.51. The fourth-order valence-electron chi connectivity index (χ4n) is 5.85. The summed E-state index contributed by atoms with van der Waals surface area (Å²) < 4.78 is 31.5. The number of carbonyl (C=O) groups is 2. The standard InChI is InChI=1S/C21H28N2O5S/c1-2-22-29(26,27)18-5-3-17(4-6-18)20(25)28-13-19(24)23-21-10-14-7-15(11-21)9-16(8-14)12-21/h3-6,14-16,22H,2,7-13H2,1H3,(H,23,24). The molecule has 1 aromatic carbocycles. The van der Waals surface area contributed by atoms with E-state index >= 15 is 0 Å². The minimum Gasteiger partial charge on any atom is -0.452 e. The number of ether oxygens (including phenoxy) is 1. The van der Waals surface area contributed by atoms with Crippen LogP contribution in [0.25, 0.3) is 0 Å². The van der Waals surface area contributed by atoms with Crippen LogP contribution in [0.3, 0.4) is 0 Å². The Morgan fingerprint density at radius 3 is 2.10 bits per heavy atom. The highest BCUT2D eigenvalue weighted by Crippen LogP contribution is 2.55. The van der Waals surface area contributed by atoms with Crippen LogP contribution in [0.4, 0.5) is 0 Å². The predicted molar refractivity (Wildman–Crippen MR) is 107 cm³/mol. The maximum absolute atomic E-state index is 12.4. The Bertz CT molecular complexity index is 859. The zero-order valence-corrected chi connectivity index (χ0v) is 17.5. The van der Waals surface area contributed by atoms with Crippen molar-refractivity contribution in [2.75, 3.05) is 13.2 Å². The summed E-state index contributed by atoms with van der Waals surface area (Å²) in [6.07, 6.45) is 7.01. The summed E-state index contributed by atoms with van der Waals surface area (Å²) in [6, 6.07) is 5.49. The smallest absolute Gasteiger partial charge is 0.338 e. The van der Waals surface area contributed by atoms with E-state index in [1.165, 1.54) is 43.5 Å². The Hall–Kier alpha value is -1.93. The summed E-state index contributed by atoms with van der Waals surface area (Å²) in [5.74, 6) is 1.27. The molecule has 4 saturated carbocycles. The van der Waals surface area contributed by atoms with E-state index in [1.807, 2.05) is 0 Å². The first-order chi connectivity index (χ1) is 13.8. The van der Waals surface area contributed by atoms with Gasteiger partial charge in [-0.1, -0.05) is 6.92 Å². The van der Waals surface area contributed by atoms with Crippen LogP contribution in [-0.4, -0.2) is 39.0 Å². The van der Waals surface area contributed by atoms with Crippen molar-refractivity contribution in [2.24, 2.45) is 17.8 Å². The van der Waals surface area contributed by atoms with E-state index < -0.39 is 16.0 Å². The lowest BCUT2D eigenvalue weighted by Gasteiger charge is -2.56. The van der Waals surface area contributed by atoms with Crippen molar-refractivity contribution in [1.82, 2.24) is 10.0 Å². The molecular weight excluding hydrogens is 392 g/mol. The second kappa shape index (κ2) is 7.72. The van der Waals surface area contributed by atoms with E-state index in [9.17, 15) is 18.0 Å². The lowest BCUT2D eigenvalue weighted by atomic mass is 9.53. The van der Waals surface area contributed by atoms with E-state index in [-0.39, 0.29) is 35.1 Å². The van der Waals surface area contributed by atoms with Crippen molar-refractivity contribution in [1.29, 1.82) is 0 Å². The molecule has 1 amide bonds. The van der Waals surface area contributed by atoms with Crippen molar-refractivity contribution < 1.29 is 22.7 Å². The zero-order valence-electron chi connectivity index (χ0n) is 16.6. The van der Waals surface area contributed by atoms with Gasteiger partial charge in [-0.3, -0.25) is 4.79 Å². The van der Waals surface area contributed by atoms with Crippen molar-refractivity contribution in [3.63, 3.8) is 0 Å². The molecule has 2 N–H and O–H groups in total. The van der Waals surface area contributed by atoms with Gasteiger partial charge in [0.2, 0.25) is 10.0 Å². The highest BCUT2D eigenvalue weighted by Gasteiger charge is 2.51. The van der Waals surface area contributed by atoms with Gasteiger partial charge in [-0.15, -0.1) is 0 Å². The second-order valence-corrected chi connectivity index (χ2v) is 10.6. The number of esters is 1. The Morgan fingerprint density at radius 2 is 1.59 bits per heavy atom. The Morgan fingerprint density at radius 1 is 1.03 bits per heavy atom. The van der Waals surface area contributed by atoms with Gasteiger partial charge in [0.15, 0.2) is 6.61 Å². The van der Waals surface area contributed by atoms with E-state index in [0.29, 0.717) is 0 Å². The lowest BCUT2D eigenvalue weighted by molar-refractivity contribution is -0.130. The van der Waals surface area contributed by atoms with Crippen LogP contribution in [0.2, 0.25) is 0 Å². The maximum Gasteiger partial charge on any atom is 0.338 e. The fraction of sp³-hybridized carbons (Fsp3) is 0.619.